The molecule has 1 rings (SSSR count). The number of ether oxygens (including phenoxy) is 2. The fourth-order valence-corrected chi connectivity index (χ4v) is 1.82. The van der Waals surface area contributed by atoms with Gasteiger partial charge in [0.1, 0.15) is 6.33 Å². The summed E-state index contributed by atoms with van der Waals surface area (Å²) in [5, 5.41) is 6.54. The molecule has 0 aliphatic heterocycles. The van der Waals surface area contributed by atoms with Crippen molar-refractivity contribution in [2.24, 2.45) is 0 Å². The molecule has 0 saturated heterocycles. The number of nitrogens with zero attached hydrogens (tertiary/aromatic N) is 2. The molecule has 0 fully saturated rings. The second-order valence-electron chi connectivity index (χ2n) is 4.51. The van der Waals surface area contributed by atoms with Crippen LogP contribution >= 0.6 is 0 Å². The maximum Gasteiger partial charge on any atom is 0.204 e. The third-order valence-electron chi connectivity index (χ3n) is 2.87. The third kappa shape index (κ3) is 5.61. The predicted octanol–water partition coefficient (Wildman–Crippen LogP) is 2.54. The zero-order valence-corrected chi connectivity index (χ0v) is 12.7. The first-order chi connectivity index (χ1) is 9.83. The Morgan fingerprint density at radius 2 is 1.70 bits per heavy atom. The van der Waals surface area contributed by atoms with Crippen LogP contribution in [0.4, 0.5) is 11.6 Å². The molecule has 20 heavy (non-hydrogen) atoms. The van der Waals surface area contributed by atoms with Crippen molar-refractivity contribution in [2.75, 3.05) is 44.5 Å². The van der Waals surface area contributed by atoms with E-state index in [9.17, 15) is 0 Å². The molecular formula is C14H26N4O2. The van der Waals surface area contributed by atoms with Gasteiger partial charge in [-0.25, -0.2) is 9.97 Å². The van der Waals surface area contributed by atoms with Gasteiger partial charge in [-0.2, -0.15) is 0 Å². The van der Waals surface area contributed by atoms with E-state index in [-0.39, 0.29) is 0 Å². The molecule has 0 spiro atoms. The maximum atomic E-state index is 5.40. The molecule has 0 unspecified atom stereocenters. The molecule has 6 nitrogen and oxygen atoms in total. The molecule has 0 atom stereocenters. The molecule has 6 heteroatoms. The van der Waals surface area contributed by atoms with Crippen molar-refractivity contribution in [1.29, 1.82) is 0 Å². The highest BCUT2D eigenvalue weighted by atomic mass is 16.5. The van der Waals surface area contributed by atoms with Crippen molar-refractivity contribution in [3.8, 4) is 5.75 Å². The van der Waals surface area contributed by atoms with E-state index in [0.717, 1.165) is 57.0 Å². The van der Waals surface area contributed by atoms with E-state index in [1.165, 1.54) is 0 Å². The SMILES string of the molecule is CCCNc1ncnc(NCCCCCOC)c1OC. The summed E-state index contributed by atoms with van der Waals surface area (Å²) in [6.45, 7) is 4.66. The van der Waals surface area contributed by atoms with Crippen LogP contribution in [-0.4, -0.2) is 43.9 Å². The Labute approximate surface area is 121 Å². The van der Waals surface area contributed by atoms with Crippen LogP contribution in [0, 0.1) is 0 Å². The Morgan fingerprint density at radius 1 is 1.00 bits per heavy atom. The van der Waals surface area contributed by atoms with Gasteiger partial charge in [-0.05, 0) is 25.7 Å². The molecule has 114 valence electrons. The smallest absolute Gasteiger partial charge is 0.204 e. The lowest BCUT2D eigenvalue weighted by Crippen LogP contribution is -2.10. The van der Waals surface area contributed by atoms with E-state index in [0.29, 0.717) is 5.75 Å². The molecule has 1 heterocycles. The van der Waals surface area contributed by atoms with E-state index >= 15 is 0 Å². The van der Waals surface area contributed by atoms with Crippen molar-refractivity contribution in [2.45, 2.75) is 32.6 Å². The van der Waals surface area contributed by atoms with Crippen molar-refractivity contribution in [1.82, 2.24) is 9.97 Å². The van der Waals surface area contributed by atoms with Crippen LogP contribution in [0.25, 0.3) is 0 Å². The molecule has 0 bridgehead atoms. The summed E-state index contributed by atoms with van der Waals surface area (Å²) >= 11 is 0. The number of methoxy groups -OCH3 is 2. The molecule has 2 N–H and O–H groups in total. The van der Waals surface area contributed by atoms with E-state index in [4.69, 9.17) is 9.47 Å². The number of nitrogens with one attached hydrogen (secondary N) is 2. The van der Waals surface area contributed by atoms with Gasteiger partial charge in [0.05, 0.1) is 7.11 Å². The molecule has 0 radical (unpaired) electrons. The highest BCUT2D eigenvalue weighted by Crippen LogP contribution is 2.28. The summed E-state index contributed by atoms with van der Waals surface area (Å²) in [6.07, 6.45) is 5.88. The molecule has 1 aromatic rings. The summed E-state index contributed by atoms with van der Waals surface area (Å²) in [5.41, 5.74) is 0. The molecule has 0 aliphatic carbocycles. The van der Waals surface area contributed by atoms with E-state index in [1.807, 2.05) is 0 Å². The van der Waals surface area contributed by atoms with Crippen molar-refractivity contribution >= 4 is 11.6 Å². The molecule has 1 aromatic heterocycles. The van der Waals surface area contributed by atoms with Crippen LogP contribution in [-0.2, 0) is 4.74 Å². The molecule has 0 aromatic carbocycles. The van der Waals surface area contributed by atoms with E-state index in [2.05, 4.69) is 27.5 Å². The van der Waals surface area contributed by atoms with Gasteiger partial charge in [0, 0.05) is 26.8 Å². The topological polar surface area (TPSA) is 68.3 Å². The average Bonchev–Trinajstić information content (AvgIpc) is 2.48. The zero-order chi connectivity index (χ0) is 14.6. The van der Waals surface area contributed by atoms with Crippen LogP contribution in [0.5, 0.6) is 5.75 Å². The Morgan fingerprint density at radius 3 is 2.30 bits per heavy atom. The van der Waals surface area contributed by atoms with Crippen LogP contribution in [0.1, 0.15) is 32.6 Å². The fourth-order valence-electron chi connectivity index (χ4n) is 1.82. The van der Waals surface area contributed by atoms with Crippen LogP contribution in [0.2, 0.25) is 0 Å². The largest absolute Gasteiger partial charge is 0.490 e. The number of hydrogen-bond donors (Lipinski definition) is 2. The van der Waals surface area contributed by atoms with Gasteiger partial charge in [-0.1, -0.05) is 6.92 Å². The minimum Gasteiger partial charge on any atom is -0.490 e. The first-order valence-corrected chi connectivity index (χ1v) is 7.19. The number of aromatic nitrogens is 2. The summed E-state index contributed by atoms with van der Waals surface area (Å²) in [7, 11) is 3.37. The maximum absolute atomic E-state index is 5.40. The minimum absolute atomic E-state index is 0.679. The van der Waals surface area contributed by atoms with Crippen LogP contribution < -0.4 is 15.4 Å². The lowest BCUT2D eigenvalue weighted by atomic mass is 10.2. The highest BCUT2D eigenvalue weighted by molar-refractivity contribution is 5.63. The minimum atomic E-state index is 0.679. The molecule has 0 amide bonds. The van der Waals surface area contributed by atoms with Crippen molar-refractivity contribution < 1.29 is 9.47 Å². The molecule has 0 aliphatic rings. The Balaban J connectivity index is 2.47. The predicted molar refractivity (Wildman–Crippen MR) is 81.6 cm³/mol. The third-order valence-corrected chi connectivity index (χ3v) is 2.87. The van der Waals surface area contributed by atoms with Gasteiger partial charge in [-0.3, -0.25) is 0 Å². The first-order valence-electron chi connectivity index (χ1n) is 7.19. The normalized spacial score (nSPS) is 10.3. The number of anilines is 2. The van der Waals surface area contributed by atoms with Crippen LogP contribution in [0.15, 0.2) is 6.33 Å². The lowest BCUT2D eigenvalue weighted by Gasteiger charge is -2.13. The Hall–Kier alpha value is -1.56. The van der Waals surface area contributed by atoms with Gasteiger partial charge < -0.3 is 20.1 Å². The average molecular weight is 282 g/mol. The van der Waals surface area contributed by atoms with Gasteiger partial charge in [0.15, 0.2) is 11.6 Å². The van der Waals surface area contributed by atoms with Crippen LogP contribution in [0.3, 0.4) is 0 Å². The van der Waals surface area contributed by atoms with E-state index in [1.54, 1.807) is 20.5 Å². The number of hydrogen-bond acceptors (Lipinski definition) is 6. The Bertz CT molecular complexity index is 374. The van der Waals surface area contributed by atoms with Gasteiger partial charge in [0.2, 0.25) is 5.75 Å². The fraction of sp³-hybridized carbons (Fsp3) is 0.714. The Kier molecular flexibility index (Phi) is 8.46. The summed E-state index contributed by atoms with van der Waals surface area (Å²) in [4.78, 5) is 8.45. The highest BCUT2D eigenvalue weighted by Gasteiger charge is 2.10. The standard InChI is InChI=1S/C14H26N4O2/c1-4-8-15-13-12(20-3)14(18-11-17-13)16-9-6-5-7-10-19-2/h11H,4-10H2,1-3H3,(H2,15,16,17,18). The lowest BCUT2D eigenvalue weighted by molar-refractivity contribution is 0.192. The zero-order valence-electron chi connectivity index (χ0n) is 12.7. The summed E-state index contributed by atoms with van der Waals surface area (Å²) in [5.74, 6) is 2.16. The quantitative estimate of drug-likeness (QED) is 0.608. The second kappa shape index (κ2) is 10.3. The van der Waals surface area contributed by atoms with Crippen molar-refractivity contribution in [3.05, 3.63) is 6.33 Å². The summed E-state index contributed by atoms with van der Waals surface area (Å²) < 4.78 is 10.4. The summed E-state index contributed by atoms with van der Waals surface area (Å²) in [6, 6.07) is 0. The monoisotopic (exact) mass is 282 g/mol. The van der Waals surface area contributed by atoms with Gasteiger partial charge >= 0.3 is 0 Å². The number of rotatable bonds is 11. The molecule has 0 saturated carbocycles. The second-order valence-corrected chi connectivity index (χ2v) is 4.51. The van der Waals surface area contributed by atoms with E-state index < -0.39 is 0 Å². The first kappa shape index (κ1) is 16.5. The van der Waals surface area contributed by atoms with Gasteiger partial charge in [0.25, 0.3) is 0 Å². The number of unbranched alkanes of at least 4 members (excludes halogenated alkanes) is 2. The van der Waals surface area contributed by atoms with Crippen molar-refractivity contribution in [3.63, 3.8) is 0 Å². The molecular weight excluding hydrogens is 256 g/mol. The van der Waals surface area contributed by atoms with Gasteiger partial charge in [-0.15, -0.1) is 0 Å².